The minimum atomic E-state index is -1.05. The van der Waals surface area contributed by atoms with E-state index in [0.29, 0.717) is 21.9 Å². The molecule has 8 nitrogen and oxygen atoms in total. The fourth-order valence-electron chi connectivity index (χ4n) is 2.47. The molecule has 1 aromatic heterocycles. The molecule has 144 valence electrons. The molecule has 1 heterocycles. The molecule has 0 amide bonds. The minimum absolute atomic E-state index is 0.340. The average molecular weight is 397 g/mol. The van der Waals surface area contributed by atoms with Crippen LogP contribution >= 0.6 is 12.2 Å². The Labute approximate surface area is 166 Å². The Hall–Kier alpha value is -3.46. The molecule has 28 heavy (non-hydrogen) atoms. The Morgan fingerprint density at radius 2 is 2.00 bits per heavy atom. The number of carbonyl (C=O) groups is 1. The standard InChI is InChI=1S/C19H19N5O3S/c1-23(2)15-9-7-13(8-10-15)18-21-22-19(28)24(18)20-11-14-5-3-4-6-16(14)27-12-17(25)26/h3-11H,12H2,1-2H3,(H,22,28)(H,25,26)/b20-11-. The molecule has 0 fully saturated rings. The third-order valence-corrected chi connectivity index (χ3v) is 4.14. The van der Waals surface area contributed by atoms with Crippen molar-refractivity contribution in [3.8, 4) is 17.1 Å². The van der Waals surface area contributed by atoms with Crippen molar-refractivity contribution in [2.45, 2.75) is 0 Å². The van der Waals surface area contributed by atoms with E-state index in [9.17, 15) is 4.79 Å². The number of ether oxygens (including phenoxy) is 1. The molecule has 0 unspecified atom stereocenters. The Kier molecular flexibility index (Phi) is 5.85. The molecule has 0 atom stereocenters. The fraction of sp³-hybridized carbons (Fsp3) is 0.158. The lowest BCUT2D eigenvalue weighted by atomic mass is 10.2. The third-order valence-electron chi connectivity index (χ3n) is 3.87. The van der Waals surface area contributed by atoms with Crippen molar-refractivity contribution in [1.82, 2.24) is 14.9 Å². The predicted molar refractivity (Wildman–Crippen MR) is 110 cm³/mol. The number of benzene rings is 2. The van der Waals surface area contributed by atoms with Gasteiger partial charge in [-0.15, -0.1) is 0 Å². The minimum Gasteiger partial charge on any atom is -0.481 e. The van der Waals surface area contributed by atoms with Gasteiger partial charge in [-0.1, -0.05) is 12.1 Å². The lowest BCUT2D eigenvalue weighted by Gasteiger charge is -2.12. The zero-order chi connectivity index (χ0) is 20.1. The van der Waals surface area contributed by atoms with Crippen molar-refractivity contribution in [2.75, 3.05) is 25.6 Å². The topological polar surface area (TPSA) is 95.7 Å². The summed E-state index contributed by atoms with van der Waals surface area (Å²) in [7, 11) is 3.94. The normalized spacial score (nSPS) is 10.9. The van der Waals surface area contributed by atoms with Crippen LogP contribution in [0.1, 0.15) is 5.56 Å². The van der Waals surface area contributed by atoms with Crippen molar-refractivity contribution >= 4 is 30.1 Å². The Morgan fingerprint density at radius 1 is 1.29 bits per heavy atom. The van der Waals surface area contributed by atoms with Gasteiger partial charge in [0.15, 0.2) is 12.4 Å². The van der Waals surface area contributed by atoms with E-state index in [1.165, 1.54) is 4.68 Å². The van der Waals surface area contributed by atoms with Crippen molar-refractivity contribution < 1.29 is 14.6 Å². The zero-order valence-corrected chi connectivity index (χ0v) is 16.2. The lowest BCUT2D eigenvalue weighted by Crippen LogP contribution is -2.10. The van der Waals surface area contributed by atoms with Crippen LogP contribution in [-0.4, -0.2) is 52.9 Å². The number of nitrogens with one attached hydrogen (secondary N) is 1. The summed E-state index contributed by atoms with van der Waals surface area (Å²) in [6.45, 7) is -0.431. The highest BCUT2D eigenvalue weighted by Gasteiger charge is 2.09. The number of hydrogen-bond donors (Lipinski definition) is 2. The highest BCUT2D eigenvalue weighted by Crippen LogP contribution is 2.21. The molecule has 9 heteroatoms. The van der Waals surface area contributed by atoms with Crippen molar-refractivity contribution in [1.29, 1.82) is 0 Å². The number of nitrogens with zero attached hydrogens (tertiary/aromatic N) is 4. The number of para-hydroxylation sites is 1. The first-order valence-electron chi connectivity index (χ1n) is 8.39. The summed E-state index contributed by atoms with van der Waals surface area (Å²) in [6.07, 6.45) is 1.56. The average Bonchev–Trinajstić information content (AvgIpc) is 3.05. The summed E-state index contributed by atoms with van der Waals surface area (Å²) in [6, 6.07) is 14.9. The van der Waals surface area contributed by atoms with Crippen LogP contribution in [0.25, 0.3) is 11.4 Å². The van der Waals surface area contributed by atoms with E-state index in [4.69, 9.17) is 22.1 Å². The van der Waals surface area contributed by atoms with Gasteiger partial charge in [-0.2, -0.15) is 14.9 Å². The second-order valence-corrected chi connectivity index (χ2v) is 6.46. The van der Waals surface area contributed by atoms with Gasteiger partial charge in [0.05, 0.1) is 6.21 Å². The third kappa shape index (κ3) is 4.44. The largest absolute Gasteiger partial charge is 0.481 e. The molecule has 0 spiro atoms. The Bertz CT molecular complexity index is 1050. The van der Waals surface area contributed by atoms with Crippen LogP contribution in [0, 0.1) is 4.77 Å². The number of anilines is 1. The second-order valence-electron chi connectivity index (χ2n) is 6.07. The Morgan fingerprint density at radius 3 is 2.68 bits per heavy atom. The van der Waals surface area contributed by atoms with Crippen LogP contribution in [0.2, 0.25) is 0 Å². The molecule has 0 bridgehead atoms. The monoisotopic (exact) mass is 397 g/mol. The molecule has 3 rings (SSSR count). The van der Waals surface area contributed by atoms with Crippen LogP contribution in [0.15, 0.2) is 53.6 Å². The first-order chi connectivity index (χ1) is 13.5. The highest BCUT2D eigenvalue weighted by atomic mass is 32.1. The molecule has 0 aliphatic carbocycles. The number of aromatic nitrogens is 3. The maximum Gasteiger partial charge on any atom is 0.341 e. The highest BCUT2D eigenvalue weighted by molar-refractivity contribution is 7.71. The number of aromatic amines is 1. The smallest absolute Gasteiger partial charge is 0.341 e. The van der Waals surface area contributed by atoms with E-state index in [1.807, 2.05) is 49.3 Å². The lowest BCUT2D eigenvalue weighted by molar-refractivity contribution is -0.139. The summed E-state index contributed by atoms with van der Waals surface area (Å²) < 4.78 is 7.14. The van der Waals surface area contributed by atoms with Gasteiger partial charge < -0.3 is 14.7 Å². The molecular weight excluding hydrogens is 378 g/mol. The second kappa shape index (κ2) is 8.49. The summed E-state index contributed by atoms with van der Waals surface area (Å²) in [5, 5.41) is 20.2. The quantitative estimate of drug-likeness (QED) is 0.470. The van der Waals surface area contributed by atoms with Crippen molar-refractivity contribution in [3.05, 3.63) is 58.9 Å². The van der Waals surface area contributed by atoms with Crippen LogP contribution in [0.5, 0.6) is 5.75 Å². The molecule has 0 aliphatic heterocycles. The molecule has 2 N–H and O–H groups in total. The van der Waals surface area contributed by atoms with Gasteiger partial charge in [0.2, 0.25) is 4.77 Å². The van der Waals surface area contributed by atoms with E-state index in [1.54, 1.807) is 24.4 Å². The number of rotatable bonds is 7. The molecule has 0 aliphatic rings. The predicted octanol–water partition coefficient (Wildman–Crippen LogP) is 3.02. The van der Waals surface area contributed by atoms with Gasteiger partial charge in [-0.25, -0.2) is 9.89 Å². The van der Waals surface area contributed by atoms with Gasteiger partial charge in [0.1, 0.15) is 5.75 Å². The summed E-state index contributed by atoms with van der Waals surface area (Å²) in [5.74, 6) is -0.0664. The van der Waals surface area contributed by atoms with E-state index in [2.05, 4.69) is 15.3 Å². The summed E-state index contributed by atoms with van der Waals surface area (Å²) in [4.78, 5) is 12.8. The van der Waals surface area contributed by atoms with Gasteiger partial charge in [-0.05, 0) is 48.6 Å². The SMILES string of the molecule is CN(C)c1ccc(-c2n[nH]c(=S)n2/N=C\c2ccccc2OCC(=O)O)cc1. The number of aliphatic carboxylic acids is 1. The van der Waals surface area contributed by atoms with E-state index < -0.39 is 12.6 Å². The van der Waals surface area contributed by atoms with Crippen LogP contribution in [0.4, 0.5) is 5.69 Å². The van der Waals surface area contributed by atoms with Gasteiger partial charge in [0.25, 0.3) is 0 Å². The molecule has 0 saturated carbocycles. The zero-order valence-electron chi connectivity index (χ0n) is 15.4. The van der Waals surface area contributed by atoms with Gasteiger partial charge in [0, 0.05) is 30.9 Å². The molecule has 3 aromatic rings. The fourth-order valence-corrected chi connectivity index (χ4v) is 2.65. The van der Waals surface area contributed by atoms with Crippen molar-refractivity contribution in [3.63, 3.8) is 0 Å². The Balaban J connectivity index is 1.91. The van der Waals surface area contributed by atoms with Crippen molar-refractivity contribution in [2.24, 2.45) is 5.10 Å². The molecule has 0 radical (unpaired) electrons. The first kappa shape index (κ1) is 19.3. The van der Waals surface area contributed by atoms with Crippen LogP contribution < -0.4 is 9.64 Å². The van der Waals surface area contributed by atoms with Gasteiger partial charge in [-0.3, -0.25) is 0 Å². The van der Waals surface area contributed by atoms with Gasteiger partial charge >= 0.3 is 5.97 Å². The number of carboxylic acid groups (broad SMARTS) is 1. The first-order valence-corrected chi connectivity index (χ1v) is 8.79. The number of H-pyrrole nitrogens is 1. The molecular formula is C19H19N5O3S. The van der Waals surface area contributed by atoms with E-state index in [0.717, 1.165) is 11.3 Å². The maximum atomic E-state index is 10.7. The molecule has 0 saturated heterocycles. The number of hydrogen-bond acceptors (Lipinski definition) is 6. The van der Waals surface area contributed by atoms with E-state index in [-0.39, 0.29) is 0 Å². The molecule has 2 aromatic carbocycles. The summed E-state index contributed by atoms with van der Waals surface area (Å²) in [5.41, 5.74) is 2.55. The van der Waals surface area contributed by atoms with Crippen LogP contribution in [0.3, 0.4) is 0 Å². The van der Waals surface area contributed by atoms with E-state index >= 15 is 0 Å². The van der Waals surface area contributed by atoms with Crippen LogP contribution in [-0.2, 0) is 4.79 Å². The number of carboxylic acids is 1. The maximum absolute atomic E-state index is 10.7. The summed E-state index contributed by atoms with van der Waals surface area (Å²) >= 11 is 5.29.